The van der Waals surface area contributed by atoms with Crippen LogP contribution in [0.3, 0.4) is 0 Å². The standard InChI is InChI=1S/C18H28N2/c1-15(17-9-5-6-10-17)19(3)13-14-20(4)16(2)18-11-7-8-12-18/h5-9,11,15-16H,10,12-14H2,1-4H3/t15-,16-/m1/s1. The van der Waals surface area contributed by atoms with E-state index < -0.39 is 0 Å². The lowest BCUT2D eigenvalue weighted by Gasteiger charge is -2.31. The zero-order valence-corrected chi connectivity index (χ0v) is 13.3. The molecule has 2 rings (SSSR count). The lowest BCUT2D eigenvalue weighted by atomic mass is 10.1. The maximum Gasteiger partial charge on any atom is 0.0282 e. The van der Waals surface area contributed by atoms with Crippen molar-refractivity contribution < 1.29 is 0 Å². The molecule has 0 N–H and O–H groups in total. The number of rotatable bonds is 7. The van der Waals surface area contributed by atoms with Crippen LogP contribution in [0.25, 0.3) is 0 Å². The van der Waals surface area contributed by atoms with Crippen molar-refractivity contribution in [2.75, 3.05) is 27.2 Å². The van der Waals surface area contributed by atoms with Crippen LogP contribution >= 0.6 is 0 Å². The molecule has 110 valence electrons. The second-order valence-corrected chi connectivity index (χ2v) is 6.06. The van der Waals surface area contributed by atoms with E-state index in [1.807, 2.05) is 0 Å². The predicted octanol–water partition coefficient (Wildman–Crippen LogP) is 3.40. The Kier molecular flexibility index (Phi) is 5.38. The quantitative estimate of drug-likeness (QED) is 0.701. The molecule has 0 saturated carbocycles. The summed E-state index contributed by atoms with van der Waals surface area (Å²) in [5.41, 5.74) is 3.07. The molecule has 0 aliphatic heterocycles. The SMILES string of the molecule is C[C@H](C1=CC=CC1)N(C)CCN(C)[C@H](C)C1=CC=CC1. The molecule has 20 heavy (non-hydrogen) atoms. The summed E-state index contributed by atoms with van der Waals surface area (Å²) in [6, 6.07) is 1.09. The number of allylic oxidation sites excluding steroid dienone is 6. The Balaban J connectivity index is 1.76. The van der Waals surface area contributed by atoms with Crippen LogP contribution in [-0.2, 0) is 0 Å². The Morgan fingerprint density at radius 2 is 1.25 bits per heavy atom. The van der Waals surface area contributed by atoms with E-state index in [1.165, 1.54) is 11.1 Å². The number of nitrogens with zero attached hydrogens (tertiary/aromatic N) is 2. The Morgan fingerprint density at radius 1 is 0.850 bits per heavy atom. The summed E-state index contributed by atoms with van der Waals surface area (Å²) in [5.74, 6) is 0. The van der Waals surface area contributed by atoms with Crippen molar-refractivity contribution in [2.24, 2.45) is 0 Å². The third-order valence-electron chi connectivity index (χ3n) is 4.80. The molecule has 0 saturated heterocycles. The van der Waals surface area contributed by atoms with Gasteiger partial charge in [-0.05, 0) is 51.9 Å². The van der Waals surface area contributed by atoms with Crippen molar-refractivity contribution in [3.8, 4) is 0 Å². The second-order valence-electron chi connectivity index (χ2n) is 6.06. The van der Waals surface area contributed by atoms with Gasteiger partial charge in [-0.1, -0.05) is 36.5 Å². The number of likely N-dealkylation sites (N-methyl/N-ethyl adjacent to an activating group) is 2. The monoisotopic (exact) mass is 272 g/mol. The van der Waals surface area contributed by atoms with Crippen molar-refractivity contribution in [1.29, 1.82) is 0 Å². The summed E-state index contributed by atoms with van der Waals surface area (Å²) in [6.45, 7) is 6.84. The van der Waals surface area contributed by atoms with E-state index in [9.17, 15) is 0 Å². The van der Waals surface area contributed by atoms with Crippen molar-refractivity contribution in [1.82, 2.24) is 9.80 Å². The third-order valence-corrected chi connectivity index (χ3v) is 4.80. The van der Waals surface area contributed by atoms with E-state index in [0.717, 1.165) is 25.9 Å². The van der Waals surface area contributed by atoms with Gasteiger partial charge in [0.2, 0.25) is 0 Å². The van der Waals surface area contributed by atoms with Gasteiger partial charge in [0.1, 0.15) is 0 Å². The van der Waals surface area contributed by atoms with Gasteiger partial charge in [0.05, 0.1) is 0 Å². The smallest absolute Gasteiger partial charge is 0.0282 e. The van der Waals surface area contributed by atoms with Gasteiger partial charge in [0.15, 0.2) is 0 Å². The van der Waals surface area contributed by atoms with Crippen LogP contribution in [0.4, 0.5) is 0 Å². The molecule has 0 aromatic heterocycles. The molecule has 2 heteroatoms. The van der Waals surface area contributed by atoms with Gasteiger partial charge in [-0.2, -0.15) is 0 Å². The highest BCUT2D eigenvalue weighted by atomic mass is 15.2. The van der Waals surface area contributed by atoms with Crippen LogP contribution in [0.5, 0.6) is 0 Å². The fourth-order valence-corrected chi connectivity index (χ4v) is 2.82. The Bertz CT molecular complexity index is 400. The van der Waals surface area contributed by atoms with Crippen LogP contribution in [0.1, 0.15) is 26.7 Å². The predicted molar refractivity (Wildman–Crippen MR) is 87.9 cm³/mol. The summed E-state index contributed by atoms with van der Waals surface area (Å²) >= 11 is 0. The summed E-state index contributed by atoms with van der Waals surface area (Å²) in [7, 11) is 4.47. The highest BCUT2D eigenvalue weighted by Crippen LogP contribution is 2.20. The minimum atomic E-state index is 0.543. The zero-order chi connectivity index (χ0) is 14.5. The van der Waals surface area contributed by atoms with Crippen LogP contribution in [0.15, 0.2) is 47.6 Å². The molecule has 0 radical (unpaired) electrons. The van der Waals surface area contributed by atoms with Gasteiger partial charge < -0.3 is 0 Å². The van der Waals surface area contributed by atoms with Gasteiger partial charge in [0, 0.05) is 25.2 Å². The van der Waals surface area contributed by atoms with Crippen LogP contribution < -0.4 is 0 Å². The lowest BCUT2D eigenvalue weighted by Crippen LogP contribution is -2.40. The van der Waals surface area contributed by atoms with Gasteiger partial charge in [-0.3, -0.25) is 9.80 Å². The molecule has 2 aliphatic carbocycles. The van der Waals surface area contributed by atoms with Crippen LogP contribution in [0.2, 0.25) is 0 Å². The molecule has 0 aromatic rings. The Hall–Kier alpha value is -1.12. The van der Waals surface area contributed by atoms with Crippen LogP contribution in [0, 0.1) is 0 Å². The first-order valence-electron chi connectivity index (χ1n) is 7.71. The summed E-state index contributed by atoms with van der Waals surface area (Å²) in [6.07, 6.45) is 15.6. The summed E-state index contributed by atoms with van der Waals surface area (Å²) in [5, 5.41) is 0. The first-order chi connectivity index (χ1) is 9.59. The third kappa shape index (κ3) is 3.71. The molecule has 0 aromatic carbocycles. The molecule has 2 atom stereocenters. The average molecular weight is 272 g/mol. The first kappa shape index (κ1) is 15.3. The fourth-order valence-electron chi connectivity index (χ4n) is 2.82. The highest BCUT2D eigenvalue weighted by molar-refractivity contribution is 5.27. The van der Waals surface area contributed by atoms with E-state index in [4.69, 9.17) is 0 Å². The lowest BCUT2D eigenvalue weighted by molar-refractivity contribution is 0.212. The average Bonchev–Trinajstić information content (AvgIpc) is 3.14. The van der Waals surface area contributed by atoms with E-state index in [-0.39, 0.29) is 0 Å². The topological polar surface area (TPSA) is 6.48 Å². The molecule has 2 nitrogen and oxygen atoms in total. The van der Waals surface area contributed by atoms with Crippen LogP contribution in [-0.4, -0.2) is 49.1 Å². The molecular weight excluding hydrogens is 244 g/mol. The minimum Gasteiger partial charge on any atom is -0.299 e. The van der Waals surface area contributed by atoms with Gasteiger partial charge >= 0.3 is 0 Å². The van der Waals surface area contributed by atoms with Gasteiger partial charge in [-0.25, -0.2) is 0 Å². The molecular formula is C18H28N2. The number of hydrogen-bond donors (Lipinski definition) is 0. The zero-order valence-electron chi connectivity index (χ0n) is 13.3. The molecule has 0 bridgehead atoms. The van der Waals surface area contributed by atoms with E-state index in [1.54, 1.807) is 0 Å². The maximum absolute atomic E-state index is 2.46. The molecule has 0 amide bonds. The molecule has 0 fully saturated rings. The summed E-state index contributed by atoms with van der Waals surface area (Å²) in [4.78, 5) is 4.92. The van der Waals surface area contributed by atoms with Crippen molar-refractivity contribution in [2.45, 2.75) is 38.8 Å². The van der Waals surface area contributed by atoms with Gasteiger partial charge in [0.25, 0.3) is 0 Å². The van der Waals surface area contributed by atoms with E-state index >= 15 is 0 Å². The first-order valence-corrected chi connectivity index (χ1v) is 7.71. The molecule has 0 heterocycles. The fraction of sp³-hybridized carbons (Fsp3) is 0.556. The minimum absolute atomic E-state index is 0.543. The summed E-state index contributed by atoms with van der Waals surface area (Å²) < 4.78 is 0. The molecule has 2 aliphatic rings. The highest BCUT2D eigenvalue weighted by Gasteiger charge is 2.18. The Labute approximate surface area is 124 Å². The van der Waals surface area contributed by atoms with E-state index in [0.29, 0.717) is 12.1 Å². The van der Waals surface area contributed by atoms with Crippen molar-refractivity contribution in [3.63, 3.8) is 0 Å². The van der Waals surface area contributed by atoms with Gasteiger partial charge in [-0.15, -0.1) is 0 Å². The molecule has 0 spiro atoms. The maximum atomic E-state index is 2.46. The number of hydrogen-bond acceptors (Lipinski definition) is 2. The largest absolute Gasteiger partial charge is 0.299 e. The Morgan fingerprint density at radius 3 is 1.55 bits per heavy atom. The normalized spacial score (nSPS) is 20.7. The van der Waals surface area contributed by atoms with Crippen molar-refractivity contribution >= 4 is 0 Å². The van der Waals surface area contributed by atoms with Crippen molar-refractivity contribution in [3.05, 3.63) is 47.6 Å². The van der Waals surface area contributed by atoms with E-state index in [2.05, 4.69) is 74.2 Å². The molecule has 0 unspecified atom stereocenters. The second kappa shape index (κ2) is 7.05.